The van der Waals surface area contributed by atoms with Crippen LogP contribution in [0.2, 0.25) is 0 Å². The van der Waals surface area contributed by atoms with Crippen molar-refractivity contribution in [1.82, 2.24) is 4.90 Å². The highest BCUT2D eigenvalue weighted by Gasteiger charge is 2.41. The van der Waals surface area contributed by atoms with Gasteiger partial charge in [-0.3, -0.25) is 4.79 Å². The molecule has 5 atom stereocenters. The maximum Gasteiger partial charge on any atom is 0.251 e. The number of nitrogens with zero attached hydrogens (tertiary/aromatic N) is 1. The van der Waals surface area contributed by atoms with E-state index in [1.165, 1.54) is 0 Å². The highest BCUT2D eigenvalue weighted by Crippen LogP contribution is 2.32. The van der Waals surface area contributed by atoms with Gasteiger partial charge in [-0.2, -0.15) is 0 Å². The molecule has 2 aliphatic heterocycles. The zero-order chi connectivity index (χ0) is 14.7. The van der Waals surface area contributed by atoms with E-state index in [1.54, 1.807) is 19.0 Å². The lowest BCUT2D eigenvalue weighted by Gasteiger charge is -2.28. The van der Waals surface area contributed by atoms with Crippen LogP contribution in [0.25, 0.3) is 0 Å². The molecule has 2 heterocycles. The van der Waals surface area contributed by atoms with Gasteiger partial charge in [0.15, 0.2) is 0 Å². The summed E-state index contributed by atoms with van der Waals surface area (Å²) >= 11 is 3.69. The number of carbonyl (C=O) groups is 1. The molecular weight excluding hydrogens is 322 g/mol. The molecule has 0 unspecified atom stereocenters. The van der Waals surface area contributed by atoms with E-state index < -0.39 is 0 Å². The summed E-state index contributed by atoms with van der Waals surface area (Å²) in [6, 6.07) is 0. The second-order valence-electron chi connectivity index (χ2n) is 5.71. The van der Waals surface area contributed by atoms with Crippen molar-refractivity contribution in [3.63, 3.8) is 0 Å². The zero-order valence-electron chi connectivity index (χ0n) is 12.4. The van der Waals surface area contributed by atoms with Gasteiger partial charge in [-0.15, -0.1) is 0 Å². The Morgan fingerprint density at radius 1 is 1.30 bits per heavy atom. The molecule has 2 rings (SSSR count). The summed E-state index contributed by atoms with van der Waals surface area (Å²) in [6.07, 6.45) is 7.56. The van der Waals surface area contributed by atoms with Crippen molar-refractivity contribution >= 4 is 21.8 Å². The van der Waals surface area contributed by atoms with Crippen molar-refractivity contribution < 1.29 is 14.3 Å². The first kappa shape index (κ1) is 16.0. The smallest absolute Gasteiger partial charge is 0.251 e. The average molecular weight is 346 g/mol. The van der Waals surface area contributed by atoms with Crippen LogP contribution >= 0.6 is 15.9 Å². The highest BCUT2D eigenvalue weighted by molar-refractivity contribution is 9.09. The predicted molar refractivity (Wildman–Crippen MR) is 82.0 cm³/mol. The Labute approximate surface area is 129 Å². The van der Waals surface area contributed by atoms with Crippen LogP contribution in [-0.2, 0) is 14.3 Å². The monoisotopic (exact) mass is 345 g/mol. The standard InChI is InChI=1S/C15H24BrNO3/c1-4-10(16)11-7-5-6-8-12-13(19-11)9-14(20-12)15(18)17(2)3/h5-6,10-14H,4,7-9H2,1-3H3/b6-5-/t10-,11+,12-,13-,14-/m0/s1. The normalized spacial score (nSPS) is 36.6. The molecule has 0 aromatic heterocycles. The number of likely N-dealkylation sites (N-methyl/N-ethyl adjacent to an activating group) is 1. The fourth-order valence-electron chi connectivity index (χ4n) is 2.75. The van der Waals surface area contributed by atoms with Gasteiger partial charge in [-0.05, 0) is 19.3 Å². The molecule has 0 radical (unpaired) electrons. The maximum absolute atomic E-state index is 12.1. The van der Waals surface area contributed by atoms with Gasteiger partial charge < -0.3 is 14.4 Å². The molecule has 0 aromatic carbocycles. The quantitative estimate of drug-likeness (QED) is 0.582. The van der Waals surface area contributed by atoms with Crippen molar-refractivity contribution in [3.8, 4) is 0 Å². The summed E-state index contributed by atoms with van der Waals surface area (Å²) in [6.45, 7) is 2.15. The summed E-state index contributed by atoms with van der Waals surface area (Å²) in [5.41, 5.74) is 0. The minimum atomic E-state index is -0.359. The number of rotatable bonds is 3. The topological polar surface area (TPSA) is 38.8 Å². The number of carbonyl (C=O) groups excluding carboxylic acids is 1. The van der Waals surface area contributed by atoms with Crippen LogP contribution in [0, 0.1) is 0 Å². The molecule has 1 amide bonds. The number of fused-ring (bicyclic) bond motifs is 1. The van der Waals surface area contributed by atoms with Crippen LogP contribution in [-0.4, -0.2) is 54.1 Å². The molecule has 0 N–H and O–H groups in total. The molecule has 0 aliphatic carbocycles. The van der Waals surface area contributed by atoms with E-state index in [9.17, 15) is 4.79 Å². The number of hydrogen-bond donors (Lipinski definition) is 0. The largest absolute Gasteiger partial charge is 0.371 e. The number of alkyl halides is 1. The van der Waals surface area contributed by atoms with Crippen molar-refractivity contribution in [1.29, 1.82) is 0 Å². The molecule has 1 fully saturated rings. The fraction of sp³-hybridized carbons (Fsp3) is 0.800. The lowest BCUT2D eigenvalue weighted by molar-refractivity contribution is -0.140. The van der Waals surface area contributed by atoms with Crippen LogP contribution in [0.15, 0.2) is 12.2 Å². The number of amides is 1. The Morgan fingerprint density at radius 2 is 2.00 bits per heavy atom. The third-order valence-electron chi connectivity index (χ3n) is 3.96. The summed E-state index contributed by atoms with van der Waals surface area (Å²) in [4.78, 5) is 14.0. The molecule has 2 aliphatic rings. The van der Waals surface area contributed by atoms with E-state index in [-0.39, 0.29) is 30.3 Å². The number of halogens is 1. The predicted octanol–water partition coefficient (Wildman–Crippen LogP) is 2.51. The van der Waals surface area contributed by atoms with Gasteiger partial charge in [-0.25, -0.2) is 0 Å². The molecule has 114 valence electrons. The minimum absolute atomic E-state index is 0.000457. The van der Waals surface area contributed by atoms with Crippen LogP contribution < -0.4 is 0 Å². The summed E-state index contributed by atoms with van der Waals surface area (Å²) in [5.74, 6) is 0.0340. The first-order valence-electron chi connectivity index (χ1n) is 7.34. The lowest BCUT2D eigenvalue weighted by Crippen LogP contribution is -2.34. The van der Waals surface area contributed by atoms with Crippen LogP contribution in [0.4, 0.5) is 0 Å². The zero-order valence-corrected chi connectivity index (χ0v) is 14.0. The molecule has 5 heteroatoms. The number of hydrogen-bond acceptors (Lipinski definition) is 3. The van der Waals surface area contributed by atoms with E-state index in [4.69, 9.17) is 9.47 Å². The van der Waals surface area contributed by atoms with Gasteiger partial charge in [0.2, 0.25) is 0 Å². The van der Waals surface area contributed by atoms with Crippen molar-refractivity contribution in [2.75, 3.05) is 14.1 Å². The van der Waals surface area contributed by atoms with Crippen LogP contribution in [0.3, 0.4) is 0 Å². The minimum Gasteiger partial charge on any atom is -0.371 e. The highest BCUT2D eigenvalue weighted by atomic mass is 79.9. The van der Waals surface area contributed by atoms with E-state index >= 15 is 0 Å². The molecule has 1 saturated heterocycles. The van der Waals surface area contributed by atoms with E-state index in [2.05, 4.69) is 35.0 Å². The Bertz CT molecular complexity index is 372. The molecule has 0 bridgehead atoms. The van der Waals surface area contributed by atoms with Crippen molar-refractivity contribution in [2.24, 2.45) is 0 Å². The third-order valence-corrected chi connectivity index (χ3v) is 5.20. The Balaban J connectivity index is 2.05. The van der Waals surface area contributed by atoms with E-state index in [1.807, 2.05) is 0 Å². The Kier molecular flexibility index (Phi) is 5.64. The van der Waals surface area contributed by atoms with Gasteiger partial charge in [0.25, 0.3) is 5.91 Å². The van der Waals surface area contributed by atoms with E-state index in [0.29, 0.717) is 11.2 Å². The molecule has 0 saturated carbocycles. The second-order valence-corrected chi connectivity index (χ2v) is 6.89. The van der Waals surface area contributed by atoms with Gasteiger partial charge >= 0.3 is 0 Å². The lowest BCUT2D eigenvalue weighted by atomic mass is 10.0. The van der Waals surface area contributed by atoms with Gasteiger partial charge in [-0.1, -0.05) is 35.0 Å². The average Bonchev–Trinajstić information content (AvgIpc) is 2.79. The van der Waals surface area contributed by atoms with Crippen molar-refractivity contribution in [2.45, 2.75) is 61.9 Å². The van der Waals surface area contributed by atoms with E-state index in [0.717, 1.165) is 19.3 Å². The summed E-state index contributed by atoms with van der Waals surface area (Å²) in [5, 5.41) is 0. The first-order chi connectivity index (χ1) is 9.52. The van der Waals surface area contributed by atoms with Gasteiger partial charge in [0, 0.05) is 25.3 Å². The Morgan fingerprint density at radius 3 is 2.65 bits per heavy atom. The van der Waals surface area contributed by atoms with Gasteiger partial charge in [0.05, 0.1) is 18.3 Å². The third kappa shape index (κ3) is 3.62. The van der Waals surface area contributed by atoms with Crippen LogP contribution in [0.5, 0.6) is 0 Å². The molecule has 4 nitrogen and oxygen atoms in total. The molecular formula is C15H24BrNO3. The molecule has 20 heavy (non-hydrogen) atoms. The van der Waals surface area contributed by atoms with Gasteiger partial charge in [0.1, 0.15) is 6.10 Å². The maximum atomic E-state index is 12.1. The van der Waals surface area contributed by atoms with Crippen LogP contribution in [0.1, 0.15) is 32.6 Å². The Hall–Kier alpha value is -0.390. The fourth-order valence-corrected chi connectivity index (χ4v) is 3.09. The first-order valence-corrected chi connectivity index (χ1v) is 8.25. The molecule has 0 spiro atoms. The van der Waals surface area contributed by atoms with Crippen molar-refractivity contribution in [3.05, 3.63) is 12.2 Å². The summed E-state index contributed by atoms with van der Waals surface area (Å²) in [7, 11) is 3.53. The molecule has 0 aromatic rings. The summed E-state index contributed by atoms with van der Waals surface area (Å²) < 4.78 is 12.1. The second kappa shape index (κ2) is 7.05. The SMILES string of the molecule is CC[C@H](Br)[C@H]1C/C=C\C[C@@H]2O[C@H](C(=O)N(C)C)C[C@@H]2O1. The number of ether oxygens (including phenoxy) is 2.